The van der Waals surface area contributed by atoms with Crippen molar-refractivity contribution in [1.82, 2.24) is 14.8 Å². The Labute approximate surface area is 155 Å². The van der Waals surface area contributed by atoms with E-state index < -0.39 is 6.10 Å². The zero-order chi connectivity index (χ0) is 18.2. The quantitative estimate of drug-likeness (QED) is 0.775. The fourth-order valence-corrected chi connectivity index (χ4v) is 3.07. The van der Waals surface area contributed by atoms with E-state index in [1.807, 2.05) is 42.6 Å². The Morgan fingerprint density at radius 1 is 1.00 bits per heavy atom. The lowest BCUT2D eigenvalue weighted by atomic mass is 10.2. The van der Waals surface area contributed by atoms with Gasteiger partial charge in [-0.05, 0) is 36.4 Å². The zero-order valence-corrected chi connectivity index (χ0v) is 15.3. The number of methoxy groups -OCH3 is 1. The van der Waals surface area contributed by atoms with Crippen LogP contribution in [0.3, 0.4) is 0 Å². The van der Waals surface area contributed by atoms with E-state index in [2.05, 4.69) is 20.9 Å². The lowest BCUT2D eigenvalue weighted by Gasteiger charge is -2.35. The largest absolute Gasteiger partial charge is 0.497 e. The molecular weight excluding hydrogens is 330 g/mol. The van der Waals surface area contributed by atoms with Gasteiger partial charge in [-0.2, -0.15) is 0 Å². The van der Waals surface area contributed by atoms with E-state index in [-0.39, 0.29) is 0 Å². The average Bonchev–Trinajstić information content (AvgIpc) is 2.69. The summed E-state index contributed by atoms with van der Waals surface area (Å²) in [6, 6.07) is 13.4. The van der Waals surface area contributed by atoms with Gasteiger partial charge in [-0.25, -0.2) is 0 Å². The summed E-state index contributed by atoms with van der Waals surface area (Å²) in [7, 11) is 1.63. The highest BCUT2D eigenvalue weighted by molar-refractivity contribution is 5.31. The van der Waals surface area contributed by atoms with Gasteiger partial charge in [-0.15, -0.1) is 0 Å². The van der Waals surface area contributed by atoms with Crippen molar-refractivity contribution in [2.24, 2.45) is 0 Å². The standard InChI is InChI=1S/C20H27N3O3/c1-25-19-5-7-20(8-6-19)26-16-18(24)15-23-12-10-22(11-13-23)14-17-4-2-3-9-21-17/h2-9,18,24H,10-16H2,1H3. The summed E-state index contributed by atoms with van der Waals surface area (Å²) in [5.74, 6) is 1.53. The highest BCUT2D eigenvalue weighted by Crippen LogP contribution is 2.17. The van der Waals surface area contributed by atoms with E-state index in [0.717, 1.165) is 49.9 Å². The fraction of sp³-hybridized carbons (Fsp3) is 0.450. The number of aliphatic hydroxyl groups excluding tert-OH is 1. The molecule has 0 aliphatic carbocycles. The van der Waals surface area contributed by atoms with Crippen LogP contribution in [0.1, 0.15) is 5.69 Å². The molecule has 1 aromatic heterocycles. The molecule has 0 radical (unpaired) electrons. The van der Waals surface area contributed by atoms with Crippen molar-refractivity contribution in [3.8, 4) is 11.5 Å². The molecule has 0 bridgehead atoms. The lowest BCUT2D eigenvalue weighted by Crippen LogP contribution is -2.48. The molecule has 1 aliphatic heterocycles. The Balaban J connectivity index is 1.35. The van der Waals surface area contributed by atoms with E-state index in [4.69, 9.17) is 9.47 Å². The lowest BCUT2D eigenvalue weighted by molar-refractivity contribution is 0.0444. The van der Waals surface area contributed by atoms with Gasteiger partial charge in [-0.3, -0.25) is 14.8 Å². The molecule has 0 amide bonds. The van der Waals surface area contributed by atoms with Crippen molar-refractivity contribution in [2.75, 3.05) is 46.4 Å². The molecule has 0 saturated carbocycles. The molecule has 1 saturated heterocycles. The maximum Gasteiger partial charge on any atom is 0.119 e. The number of benzene rings is 1. The van der Waals surface area contributed by atoms with Crippen LogP contribution in [0.2, 0.25) is 0 Å². The Hall–Kier alpha value is -2.15. The number of nitrogens with zero attached hydrogens (tertiary/aromatic N) is 3. The molecular formula is C20H27N3O3. The van der Waals surface area contributed by atoms with E-state index in [9.17, 15) is 5.11 Å². The van der Waals surface area contributed by atoms with Crippen molar-refractivity contribution in [1.29, 1.82) is 0 Å². The Bertz CT molecular complexity index is 643. The predicted octanol–water partition coefficient (Wildman–Crippen LogP) is 1.65. The summed E-state index contributed by atoms with van der Waals surface area (Å²) in [6.45, 7) is 5.69. The van der Waals surface area contributed by atoms with Crippen molar-refractivity contribution >= 4 is 0 Å². The first-order valence-corrected chi connectivity index (χ1v) is 9.02. The van der Waals surface area contributed by atoms with Crippen LogP contribution < -0.4 is 9.47 Å². The number of hydrogen-bond donors (Lipinski definition) is 1. The van der Waals surface area contributed by atoms with Gasteiger partial charge < -0.3 is 14.6 Å². The van der Waals surface area contributed by atoms with Gasteiger partial charge >= 0.3 is 0 Å². The maximum absolute atomic E-state index is 10.2. The summed E-state index contributed by atoms with van der Waals surface area (Å²) < 4.78 is 10.8. The Morgan fingerprint density at radius 3 is 2.35 bits per heavy atom. The number of aliphatic hydroxyl groups is 1. The second kappa shape index (κ2) is 9.52. The number of ether oxygens (including phenoxy) is 2. The number of aromatic nitrogens is 1. The molecule has 1 fully saturated rings. The van der Waals surface area contributed by atoms with E-state index in [1.54, 1.807) is 7.11 Å². The number of pyridine rings is 1. The summed E-state index contributed by atoms with van der Waals surface area (Å²) in [6.07, 6.45) is 1.34. The highest BCUT2D eigenvalue weighted by Gasteiger charge is 2.19. The second-order valence-corrected chi connectivity index (χ2v) is 6.54. The maximum atomic E-state index is 10.2. The van der Waals surface area contributed by atoms with Crippen LogP contribution in [0.4, 0.5) is 0 Å². The van der Waals surface area contributed by atoms with Gasteiger partial charge in [0.05, 0.1) is 12.8 Å². The van der Waals surface area contributed by atoms with Gasteiger partial charge in [0.1, 0.15) is 24.2 Å². The van der Waals surface area contributed by atoms with E-state index in [0.29, 0.717) is 13.2 Å². The minimum absolute atomic E-state index is 0.292. The molecule has 1 aliphatic rings. The first-order valence-electron chi connectivity index (χ1n) is 9.02. The van der Waals surface area contributed by atoms with Gasteiger partial charge in [0, 0.05) is 45.5 Å². The second-order valence-electron chi connectivity index (χ2n) is 6.54. The number of rotatable bonds is 8. The van der Waals surface area contributed by atoms with E-state index >= 15 is 0 Å². The predicted molar refractivity (Wildman–Crippen MR) is 100 cm³/mol. The van der Waals surface area contributed by atoms with Gasteiger partial charge in [0.25, 0.3) is 0 Å². The third kappa shape index (κ3) is 5.69. The monoisotopic (exact) mass is 357 g/mol. The van der Waals surface area contributed by atoms with Crippen molar-refractivity contribution < 1.29 is 14.6 Å². The number of β-amino-alcohol motifs (C(OH)–C–C–N with tert-alkyl or cyclic N) is 1. The van der Waals surface area contributed by atoms with Crippen molar-refractivity contribution in [2.45, 2.75) is 12.6 Å². The van der Waals surface area contributed by atoms with Gasteiger partial charge in [0.2, 0.25) is 0 Å². The van der Waals surface area contributed by atoms with Crippen LogP contribution in [0.5, 0.6) is 11.5 Å². The molecule has 1 unspecified atom stereocenters. The molecule has 1 aromatic carbocycles. The Morgan fingerprint density at radius 2 is 1.69 bits per heavy atom. The molecule has 6 heteroatoms. The van der Waals surface area contributed by atoms with Gasteiger partial charge in [-0.1, -0.05) is 6.07 Å². The number of hydrogen-bond acceptors (Lipinski definition) is 6. The summed E-state index contributed by atoms with van der Waals surface area (Å²) >= 11 is 0. The van der Waals surface area contributed by atoms with Crippen LogP contribution in [-0.2, 0) is 6.54 Å². The summed E-state index contributed by atoms with van der Waals surface area (Å²) in [5, 5.41) is 10.2. The SMILES string of the molecule is COc1ccc(OCC(O)CN2CCN(Cc3ccccn3)CC2)cc1. The summed E-state index contributed by atoms with van der Waals surface area (Å²) in [4.78, 5) is 9.08. The molecule has 1 N–H and O–H groups in total. The highest BCUT2D eigenvalue weighted by atomic mass is 16.5. The molecule has 0 spiro atoms. The zero-order valence-electron chi connectivity index (χ0n) is 15.3. The summed E-state index contributed by atoms with van der Waals surface area (Å²) in [5.41, 5.74) is 1.11. The minimum atomic E-state index is -0.501. The topological polar surface area (TPSA) is 58.1 Å². The van der Waals surface area contributed by atoms with Crippen molar-refractivity contribution in [3.05, 3.63) is 54.4 Å². The first kappa shape index (κ1) is 18.6. The van der Waals surface area contributed by atoms with Crippen LogP contribution >= 0.6 is 0 Å². The van der Waals surface area contributed by atoms with Crippen LogP contribution in [0.15, 0.2) is 48.7 Å². The molecule has 2 heterocycles. The Kier molecular flexibility index (Phi) is 6.82. The molecule has 26 heavy (non-hydrogen) atoms. The molecule has 6 nitrogen and oxygen atoms in total. The van der Waals surface area contributed by atoms with Crippen LogP contribution in [0.25, 0.3) is 0 Å². The smallest absolute Gasteiger partial charge is 0.119 e. The normalized spacial score (nSPS) is 17.0. The third-order valence-electron chi connectivity index (χ3n) is 4.55. The molecule has 3 rings (SSSR count). The molecule has 2 aromatic rings. The van der Waals surface area contributed by atoms with Gasteiger partial charge in [0.15, 0.2) is 0 Å². The molecule has 1 atom stereocenters. The van der Waals surface area contributed by atoms with Crippen LogP contribution in [-0.4, -0.2) is 72.4 Å². The van der Waals surface area contributed by atoms with Crippen molar-refractivity contribution in [3.63, 3.8) is 0 Å². The van der Waals surface area contributed by atoms with Crippen LogP contribution in [0, 0.1) is 0 Å². The molecule has 140 valence electrons. The number of piperazine rings is 1. The average molecular weight is 357 g/mol. The third-order valence-corrected chi connectivity index (χ3v) is 4.55. The fourth-order valence-electron chi connectivity index (χ4n) is 3.07. The van der Waals surface area contributed by atoms with E-state index in [1.165, 1.54) is 0 Å². The first-order chi connectivity index (χ1) is 12.7. The minimum Gasteiger partial charge on any atom is -0.497 e.